The van der Waals surface area contributed by atoms with Gasteiger partial charge in [-0.15, -0.1) is 0 Å². The molecule has 0 saturated carbocycles. The van der Waals surface area contributed by atoms with Gasteiger partial charge in [-0.25, -0.2) is 4.98 Å². The summed E-state index contributed by atoms with van der Waals surface area (Å²) < 4.78 is 0. The third-order valence-corrected chi connectivity index (χ3v) is 6.11. The monoisotopic (exact) mass is 452 g/mol. The van der Waals surface area contributed by atoms with Gasteiger partial charge in [0.25, 0.3) is 11.5 Å². The first-order chi connectivity index (χ1) is 15.4. The van der Waals surface area contributed by atoms with Crippen LogP contribution in [0.5, 0.6) is 0 Å². The lowest BCUT2D eigenvalue weighted by atomic mass is 9.90. The average molecular weight is 453 g/mol. The molecule has 1 aliphatic rings. The van der Waals surface area contributed by atoms with Gasteiger partial charge in [-0.3, -0.25) is 14.4 Å². The molecule has 0 radical (unpaired) electrons. The minimum atomic E-state index is -0.241. The number of amides is 1. The van der Waals surface area contributed by atoms with Crippen molar-refractivity contribution in [2.45, 2.75) is 45.6 Å². The number of fused-ring (bicyclic) bond motifs is 1. The molecule has 8 heteroatoms. The number of benzene rings is 1. The van der Waals surface area contributed by atoms with Crippen LogP contribution in [-0.2, 0) is 6.54 Å². The number of nitrogens with zero attached hydrogens (tertiary/aromatic N) is 2. The van der Waals surface area contributed by atoms with E-state index in [9.17, 15) is 14.4 Å². The van der Waals surface area contributed by atoms with Gasteiger partial charge in [-0.1, -0.05) is 31.4 Å². The van der Waals surface area contributed by atoms with Gasteiger partial charge >= 0.3 is 0 Å². The third-order valence-electron chi connectivity index (χ3n) is 5.85. The lowest BCUT2D eigenvalue weighted by Crippen LogP contribution is -2.42. The summed E-state index contributed by atoms with van der Waals surface area (Å²) in [6, 6.07) is 8.73. The highest BCUT2D eigenvalue weighted by Crippen LogP contribution is 2.31. The zero-order valence-corrected chi connectivity index (χ0v) is 18.8. The number of hydrogen-bond acceptors (Lipinski definition) is 4. The molecule has 0 saturated heterocycles. The van der Waals surface area contributed by atoms with Crippen LogP contribution < -0.4 is 5.56 Å². The SMILES string of the molecule is CCCCC1CN(C(=O)c2cc(C(C)=O)c[nH]2)Cc2c1nc(-c1ccc(Cl)cc1)[nH]c2=O. The maximum absolute atomic E-state index is 13.1. The molecule has 1 unspecified atom stereocenters. The van der Waals surface area contributed by atoms with Crippen molar-refractivity contribution in [3.63, 3.8) is 0 Å². The van der Waals surface area contributed by atoms with E-state index < -0.39 is 0 Å². The van der Waals surface area contributed by atoms with Crippen LogP contribution in [0.25, 0.3) is 11.4 Å². The van der Waals surface area contributed by atoms with E-state index in [1.807, 2.05) is 12.1 Å². The molecule has 2 N–H and O–H groups in total. The Morgan fingerprint density at radius 1 is 1.25 bits per heavy atom. The third kappa shape index (κ3) is 4.39. The van der Waals surface area contributed by atoms with Crippen molar-refractivity contribution < 1.29 is 9.59 Å². The summed E-state index contributed by atoms with van der Waals surface area (Å²) in [7, 11) is 0. The molecular weight excluding hydrogens is 428 g/mol. The van der Waals surface area contributed by atoms with Crippen LogP contribution in [0.2, 0.25) is 5.02 Å². The fourth-order valence-corrected chi connectivity index (χ4v) is 4.21. The van der Waals surface area contributed by atoms with Gasteiger partial charge in [0.1, 0.15) is 11.5 Å². The highest BCUT2D eigenvalue weighted by Gasteiger charge is 2.32. The minimum Gasteiger partial charge on any atom is -0.356 e. The molecule has 0 bridgehead atoms. The lowest BCUT2D eigenvalue weighted by Gasteiger charge is -2.33. The van der Waals surface area contributed by atoms with Crippen molar-refractivity contribution in [3.8, 4) is 11.4 Å². The van der Waals surface area contributed by atoms with E-state index in [0.717, 1.165) is 30.5 Å². The molecular formula is C24H25ClN4O3. The van der Waals surface area contributed by atoms with Crippen molar-refractivity contribution in [3.05, 3.63) is 74.4 Å². The lowest BCUT2D eigenvalue weighted by molar-refractivity contribution is 0.0706. The Labute approximate surface area is 190 Å². The van der Waals surface area contributed by atoms with E-state index in [2.05, 4.69) is 16.9 Å². The maximum Gasteiger partial charge on any atom is 0.270 e. The summed E-state index contributed by atoms with van der Waals surface area (Å²) >= 11 is 5.99. The first-order valence-corrected chi connectivity index (χ1v) is 11.1. The summed E-state index contributed by atoms with van der Waals surface area (Å²) in [4.78, 5) is 50.0. The largest absolute Gasteiger partial charge is 0.356 e. The summed E-state index contributed by atoms with van der Waals surface area (Å²) in [6.45, 7) is 4.21. The van der Waals surface area contributed by atoms with Gasteiger partial charge in [0.15, 0.2) is 5.78 Å². The predicted octanol–water partition coefficient (Wildman–Crippen LogP) is 4.55. The van der Waals surface area contributed by atoms with Crippen LogP contribution in [0, 0.1) is 0 Å². The zero-order chi connectivity index (χ0) is 22.8. The van der Waals surface area contributed by atoms with Crippen LogP contribution in [0.1, 0.15) is 71.1 Å². The first-order valence-electron chi connectivity index (χ1n) is 10.7. The Kier molecular flexibility index (Phi) is 6.28. The number of H-pyrrole nitrogens is 2. The number of aromatic nitrogens is 3. The smallest absolute Gasteiger partial charge is 0.270 e. The number of nitrogens with one attached hydrogen (secondary N) is 2. The summed E-state index contributed by atoms with van der Waals surface area (Å²) in [5, 5.41) is 0.612. The second-order valence-electron chi connectivity index (χ2n) is 8.17. The Balaban J connectivity index is 1.70. The van der Waals surface area contributed by atoms with Crippen LogP contribution in [0.4, 0.5) is 0 Å². The van der Waals surface area contributed by atoms with Crippen LogP contribution in [-0.4, -0.2) is 38.1 Å². The Morgan fingerprint density at radius 3 is 2.66 bits per heavy atom. The number of hydrogen-bond donors (Lipinski definition) is 2. The van der Waals surface area contributed by atoms with E-state index in [0.29, 0.717) is 34.2 Å². The van der Waals surface area contributed by atoms with Crippen LogP contribution in [0.3, 0.4) is 0 Å². The predicted molar refractivity (Wildman–Crippen MR) is 123 cm³/mol. The molecule has 1 aliphatic heterocycles. The summed E-state index contributed by atoms with van der Waals surface area (Å²) in [6.07, 6.45) is 4.33. The highest BCUT2D eigenvalue weighted by molar-refractivity contribution is 6.30. The number of halogens is 1. The Bertz CT molecular complexity index is 1210. The van der Waals surface area contributed by atoms with Crippen molar-refractivity contribution in [1.82, 2.24) is 19.9 Å². The standard InChI is InChI=1S/C24H25ClN4O3/c1-3-4-5-16-12-29(24(32)20-10-17(11-26-20)14(2)30)13-19-21(16)27-22(28-23(19)31)15-6-8-18(25)9-7-15/h6-11,16,26H,3-5,12-13H2,1-2H3,(H,27,28,31). The fraction of sp³-hybridized carbons (Fsp3) is 0.333. The molecule has 1 amide bonds. The number of ketones is 1. The van der Waals surface area contributed by atoms with E-state index >= 15 is 0 Å². The number of aromatic amines is 2. The van der Waals surface area contributed by atoms with Crippen molar-refractivity contribution >= 4 is 23.3 Å². The molecule has 3 aromatic rings. The molecule has 7 nitrogen and oxygen atoms in total. The topological polar surface area (TPSA) is 98.9 Å². The van der Waals surface area contributed by atoms with Gasteiger partial charge in [0.2, 0.25) is 0 Å². The maximum atomic E-state index is 13.1. The van der Waals surface area contributed by atoms with E-state index in [1.165, 1.54) is 13.1 Å². The molecule has 0 aliphatic carbocycles. The molecule has 1 atom stereocenters. The number of carbonyl (C=O) groups is 2. The molecule has 0 fully saturated rings. The number of unbranched alkanes of at least 4 members (excludes halogenated alkanes) is 1. The van der Waals surface area contributed by atoms with Gasteiger partial charge in [-0.2, -0.15) is 0 Å². The van der Waals surface area contributed by atoms with Crippen molar-refractivity contribution in [2.75, 3.05) is 6.54 Å². The van der Waals surface area contributed by atoms with Crippen molar-refractivity contribution in [2.24, 2.45) is 0 Å². The van der Waals surface area contributed by atoms with E-state index in [-0.39, 0.29) is 29.7 Å². The van der Waals surface area contributed by atoms with Crippen LogP contribution >= 0.6 is 11.6 Å². The number of carbonyl (C=O) groups excluding carboxylic acids is 2. The van der Waals surface area contributed by atoms with Gasteiger partial charge in [0.05, 0.1) is 17.8 Å². The Morgan fingerprint density at radius 2 is 2.00 bits per heavy atom. The molecule has 32 heavy (non-hydrogen) atoms. The fourth-order valence-electron chi connectivity index (χ4n) is 4.08. The number of rotatable bonds is 6. The average Bonchev–Trinajstić information content (AvgIpc) is 3.28. The van der Waals surface area contributed by atoms with Crippen LogP contribution in [0.15, 0.2) is 41.3 Å². The molecule has 3 heterocycles. The number of Topliss-reactive ketones (excluding diaryl/α,β-unsaturated/α-hetero) is 1. The highest BCUT2D eigenvalue weighted by atomic mass is 35.5. The first kappa shape index (κ1) is 22.0. The normalized spacial score (nSPS) is 15.5. The Hall–Kier alpha value is -3.19. The quantitative estimate of drug-likeness (QED) is 0.536. The van der Waals surface area contributed by atoms with E-state index in [4.69, 9.17) is 16.6 Å². The minimum absolute atomic E-state index is 0.0433. The van der Waals surface area contributed by atoms with Gasteiger partial charge in [-0.05, 0) is 43.7 Å². The van der Waals surface area contributed by atoms with Gasteiger partial charge in [0, 0.05) is 34.8 Å². The second-order valence-corrected chi connectivity index (χ2v) is 8.60. The van der Waals surface area contributed by atoms with Crippen molar-refractivity contribution in [1.29, 1.82) is 0 Å². The summed E-state index contributed by atoms with van der Waals surface area (Å²) in [5.74, 6) is 0.117. The molecule has 4 rings (SSSR count). The molecule has 2 aromatic heterocycles. The second kappa shape index (κ2) is 9.12. The molecule has 1 aromatic carbocycles. The zero-order valence-electron chi connectivity index (χ0n) is 18.1. The molecule has 166 valence electrons. The summed E-state index contributed by atoms with van der Waals surface area (Å²) in [5.41, 5.74) is 2.62. The van der Waals surface area contributed by atoms with Gasteiger partial charge < -0.3 is 14.9 Å². The molecule has 0 spiro atoms. The van der Waals surface area contributed by atoms with E-state index in [1.54, 1.807) is 23.1 Å².